The molecule has 1 atom stereocenters. The Labute approximate surface area is 139 Å². The van der Waals surface area contributed by atoms with Crippen LogP contribution in [0.3, 0.4) is 0 Å². The maximum absolute atomic E-state index is 12.7. The summed E-state index contributed by atoms with van der Waals surface area (Å²) >= 11 is 0. The lowest BCUT2D eigenvalue weighted by Crippen LogP contribution is -2.45. The van der Waals surface area contributed by atoms with Crippen molar-refractivity contribution >= 4 is 5.91 Å². The number of rotatable bonds is 6. The average Bonchev–Trinajstić information content (AvgIpc) is 3.40. The van der Waals surface area contributed by atoms with Crippen molar-refractivity contribution in [1.82, 2.24) is 19.7 Å². The molecule has 0 radical (unpaired) electrons. The van der Waals surface area contributed by atoms with Gasteiger partial charge in [-0.1, -0.05) is 6.07 Å². The number of amides is 1. The molecule has 5 heteroatoms. The van der Waals surface area contributed by atoms with Crippen molar-refractivity contribution in [2.75, 3.05) is 46.8 Å². The number of nitrogens with zero attached hydrogens (tertiary/aromatic N) is 4. The van der Waals surface area contributed by atoms with E-state index in [1.165, 1.54) is 12.8 Å². The molecule has 1 aromatic heterocycles. The Balaban J connectivity index is 1.55. The van der Waals surface area contributed by atoms with Crippen LogP contribution in [-0.2, 0) is 4.79 Å². The van der Waals surface area contributed by atoms with E-state index in [1.54, 1.807) is 0 Å². The first-order valence-electron chi connectivity index (χ1n) is 8.72. The second-order valence-electron chi connectivity index (χ2n) is 6.94. The summed E-state index contributed by atoms with van der Waals surface area (Å²) < 4.78 is 0. The van der Waals surface area contributed by atoms with Gasteiger partial charge in [0.1, 0.15) is 0 Å². The van der Waals surface area contributed by atoms with Gasteiger partial charge in [0.05, 0.1) is 11.7 Å². The molecule has 2 aliphatic rings. The molecule has 1 aliphatic heterocycles. The third kappa shape index (κ3) is 4.30. The predicted octanol–water partition coefficient (Wildman–Crippen LogP) is 1.63. The summed E-state index contributed by atoms with van der Waals surface area (Å²) in [6.45, 7) is 5.21. The van der Waals surface area contributed by atoms with Crippen molar-refractivity contribution in [2.45, 2.75) is 25.3 Å². The standard InChI is InChI=1S/C18H28N4O/c1-20-11-13-22(14-12-20)10-8-17(23)21(2)18(15-6-7-15)16-5-3-4-9-19-16/h3-5,9,15,18H,6-8,10-14H2,1-2H3. The molecule has 1 saturated carbocycles. The van der Waals surface area contributed by atoms with E-state index in [9.17, 15) is 4.79 Å². The molecule has 3 rings (SSSR count). The first-order valence-corrected chi connectivity index (χ1v) is 8.72. The lowest BCUT2D eigenvalue weighted by atomic mass is 10.1. The Bertz CT molecular complexity index is 509. The maximum atomic E-state index is 12.7. The van der Waals surface area contributed by atoms with Crippen molar-refractivity contribution < 1.29 is 4.79 Å². The van der Waals surface area contributed by atoms with Crippen LogP contribution in [0.1, 0.15) is 31.0 Å². The number of carbonyl (C=O) groups is 1. The first-order chi connectivity index (χ1) is 11.1. The molecule has 2 fully saturated rings. The van der Waals surface area contributed by atoms with Crippen molar-refractivity contribution in [3.8, 4) is 0 Å². The second kappa shape index (κ2) is 7.41. The zero-order valence-corrected chi connectivity index (χ0v) is 14.3. The molecule has 1 amide bonds. The molecule has 0 N–H and O–H groups in total. The number of aromatic nitrogens is 1. The minimum atomic E-state index is 0.149. The topological polar surface area (TPSA) is 39.7 Å². The van der Waals surface area contributed by atoms with Gasteiger partial charge >= 0.3 is 0 Å². The third-order valence-corrected chi connectivity index (χ3v) is 5.11. The molecule has 126 valence electrons. The summed E-state index contributed by atoms with van der Waals surface area (Å²) in [5.41, 5.74) is 1.03. The van der Waals surface area contributed by atoms with E-state index >= 15 is 0 Å². The highest BCUT2D eigenvalue weighted by Crippen LogP contribution is 2.43. The van der Waals surface area contributed by atoms with Crippen LogP contribution in [0, 0.1) is 5.92 Å². The molecule has 2 heterocycles. The van der Waals surface area contributed by atoms with E-state index in [1.807, 2.05) is 36.3 Å². The summed E-state index contributed by atoms with van der Waals surface area (Å²) in [5.74, 6) is 0.828. The van der Waals surface area contributed by atoms with E-state index < -0.39 is 0 Å². The van der Waals surface area contributed by atoms with Crippen LogP contribution in [0.5, 0.6) is 0 Å². The van der Waals surface area contributed by atoms with Gasteiger partial charge in [0.2, 0.25) is 5.91 Å². The van der Waals surface area contributed by atoms with E-state index in [-0.39, 0.29) is 11.9 Å². The molecule has 1 aliphatic carbocycles. The Morgan fingerprint density at radius 3 is 2.65 bits per heavy atom. The van der Waals surface area contributed by atoms with Gasteiger partial charge in [0, 0.05) is 52.4 Å². The number of likely N-dealkylation sites (N-methyl/N-ethyl adjacent to an activating group) is 1. The van der Waals surface area contributed by atoms with E-state index in [0.717, 1.165) is 38.4 Å². The van der Waals surface area contributed by atoms with Crippen LogP contribution in [0.2, 0.25) is 0 Å². The van der Waals surface area contributed by atoms with Crippen molar-refractivity contribution in [3.63, 3.8) is 0 Å². The molecule has 1 unspecified atom stereocenters. The summed E-state index contributed by atoms with van der Waals surface area (Å²) in [4.78, 5) is 23.8. The summed E-state index contributed by atoms with van der Waals surface area (Å²) in [6, 6.07) is 6.15. The third-order valence-electron chi connectivity index (χ3n) is 5.11. The summed E-state index contributed by atoms with van der Waals surface area (Å²) in [5, 5.41) is 0. The molecule has 23 heavy (non-hydrogen) atoms. The average molecular weight is 316 g/mol. The predicted molar refractivity (Wildman–Crippen MR) is 91.0 cm³/mol. The van der Waals surface area contributed by atoms with Gasteiger partial charge in [-0.05, 0) is 37.9 Å². The van der Waals surface area contributed by atoms with Crippen LogP contribution in [0.25, 0.3) is 0 Å². The van der Waals surface area contributed by atoms with Crippen LogP contribution in [0.4, 0.5) is 0 Å². The van der Waals surface area contributed by atoms with E-state index in [2.05, 4.69) is 21.8 Å². The van der Waals surface area contributed by atoms with Crippen LogP contribution in [0.15, 0.2) is 24.4 Å². The Morgan fingerprint density at radius 2 is 2.04 bits per heavy atom. The van der Waals surface area contributed by atoms with Crippen molar-refractivity contribution in [3.05, 3.63) is 30.1 Å². The van der Waals surface area contributed by atoms with Crippen LogP contribution >= 0.6 is 0 Å². The van der Waals surface area contributed by atoms with Gasteiger partial charge in [-0.3, -0.25) is 9.78 Å². The molecular weight excluding hydrogens is 288 g/mol. The van der Waals surface area contributed by atoms with Gasteiger partial charge in [-0.2, -0.15) is 0 Å². The normalized spacial score (nSPS) is 21.1. The number of pyridine rings is 1. The fraction of sp³-hybridized carbons (Fsp3) is 0.667. The largest absolute Gasteiger partial charge is 0.337 e. The fourth-order valence-electron chi connectivity index (χ4n) is 3.38. The number of carbonyl (C=O) groups excluding carboxylic acids is 1. The number of hydrogen-bond donors (Lipinski definition) is 0. The highest BCUT2D eigenvalue weighted by molar-refractivity contribution is 5.76. The summed E-state index contributed by atoms with van der Waals surface area (Å²) in [7, 11) is 4.10. The lowest BCUT2D eigenvalue weighted by Gasteiger charge is -2.33. The molecular formula is C18H28N4O. The minimum absolute atomic E-state index is 0.149. The number of piperazine rings is 1. The Morgan fingerprint density at radius 1 is 1.30 bits per heavy atom. The first kappa shape index (κ1) is 16.4. The second-order valence-corrected chi connectivity index (χ2v) is 6.94. The van der Waals surface area contributed by atoms with Crippen LogP contribution < -0.4 is 0 Å². The highest BCUT2D eigenvalue weighted by Gasteiger charge is 2.37. The molecule has 5 nitrogen and oxygen atoms in total. The van der Waals surface area contributed by atoms with Gasteiger partial charge < -0.3 is 14.7 Å². The summed E-state index contributed by atoms with van der Waals surface area (Å²) in [6.07, 6.45) is 4.85. The molecule has 0 spiro atoms. The quantitative estimate of drug-likeness (QED) is 0.800. The highest BCUT2D eigenvalue weighted by atomic mass is 16.2. The lowest BCUT2D eigenvalue weighted by molar-refractivity contribution is -0.133. The van der Waals surface area contributed by atoms with Crippen LogP contribution in [-0.4, -0.2) is 72.4 Å². The minimum Gasteiger partial charge on any atom is -0.337 e. The van der Waals surface area contributed by atoms with Gasteiger partial charge in [-0.15, -0.1) is 0 Å². The SMILES string of the molecule is CN1CCN(CCC(=O)N(C)C(c2ccccn2)C2CC2)CC1. The maximum Gasteiger partial charge on any atom is 0.224 e. The molecule has 1 aromatic rings. The smallest absolute Gasteiger partial charge is 0.224 e. The van der Waals surface area contributed by atoms with E-state index in [0.29, 0.717) is 12.3 Å². The molecule has 1 saturated heterocycles. The van der Waals surface area contributed by atoms with E-state index in [4.69, 9.17) is 0 Å². The zero-order valence-electron chi connectivity index (χ0n) is 14.3. The zero-order chi connectivity index (χ0) is 16.2. The van der Waals surface area contributed by atoms with Gasteiger partial charge in [0.15, 0.2) is 0 Å². The monoisotopic (exact) mass is 316 g/mol. The van der Waals surface area contributed by atoms with Crippen molar-refractivity contribution in [2.24, 2.45) is 5.92 Å². The molecule has 0 aromatic carbocycles. The number of hydrogen-bond acceptors (Lipinski definition) is 4. The Kier molecular flexibility index (Phi) is 5.28. The Hall–Kier alpha value is -1.46. The molecule has 0 bridgehead atoms. The van der Waals surface area contributed by atoms with Gasteiger partial charge in [-0.25, -0.2) is 0 Å². The van der Waals surface area contributed by atoms with Gasteiger partial charge in [0.25, 0.3) is 0 Å². The fourth-order valence-corrected chi connectivity index (χ4v) is 3.38. The van der Waals surface area contributed by atoms with Crippen molar-refractivity contribution in [1.29, 1.82) is 0 Å².